The number of hydrogen-bond donors (Lipinski definition) is 1. The normalized spacial score (nSPS) is 10.2. The van der Waals surface area contributed by atoms with Gasteiger partial charge in [-0.25, -0.2) is 4.79 Å². The highest BCUT2D eigenvalue weighted by Gasteiger charge is 2.10. The molecule has 0 radical (unpaired) electrons. The molecular weight excluding hydrogens is 350 g/mol. The summed E-state index contributed by atoms with van der Waals surface area (Å²) in [5, 5.41) is 4.63. The van der Waals surface area contributed by atoms with Crippen molar-refractivity contribution in [2.45, 2.75) is 6.61 Å². The lowest BCUT2D eigenvalue weighted by atomic mass is 10.2. The van der Waals surface area contributed by atoms with Gasteiger partial charge in [0.1, 0.15) is 12.4 Å². The van der Waals surface area contributed by atoms with Crippen LogP contribution in [0.2, 0.25) is 0 Å². The Balaban J connectivity index is 1.57. The fourth-order valence-corrected chi connectivity index (χ4v) is 2.90. The molecule has 3 rings (SSSR count). The Labute approximate surface area is 155 Å². The van der Waals surface area contributed by atoms with Crippen LogP contribution in [-0.4, -0.2) is 19.0 Å². The molecule has 26 heavy (non-hydrogen) atoms. The summed E-state index contributed by atoms with van der Waals surface area (Å²) in [6, 6.07) is 17.5. The van der Waals surface area contributed by atoms with Crippen molar-refractivity contribution in [1.82, 2.24) is 0 Å². The van der Waals surface area contributed by atoms with Gasteiger partial charge in [0.25, 0.3) is 5.91 Å². The van der Waals surface area contributed by atoms with Crippen LogP contribution in [0.3, 0.4) is 0 Å². The Kier molecular flexibility index (Phi) is 5.66. The van der Waals surface area contributed by atoms with Gasteiger partial charge in [0.15, 0.2) is 0 Å². The third-order valence-electron chi connectivity index (χ3n) is 3.63. The van der Waals surface area contributed by atoms with Crippen molar-refractivity contribution in [2.24, 2.45) is 0 Å². The summed E-state index contributed by atoms with van der Waals surface area (Å²) in [7, 11) is 1.59. The second-order valence-corrected chi connectivity index (χ2v) is 6.38. The molecule has 0 saturated heterocycles. The van der Waals surface area contributed by atoms with E-state index in [0.717, 1.165) is 5.56 Å². The van der Waals surface area contributed by atoms with Crippen molar-refractivity contribution in [1.29, 1.82) is 0 Å². The summed E-state index contributed by atoms with van der Waals surface area (Å²) >= 11 is 1.37. The van der Waals surface area contributed by atoms with E-state index in [0.29, 0.717) is 21.9 Å². The van der Waals surface area contributed by atoms with Gasteiger partial charge in [0, 0.05) is 5.69 Å². The highest BCUT2D eigenvalue weighted by molar-refractivity contribution is 7.12. The first-order chi connectivity index (χ1) is 12.7. The zero-order valence-electron chi connectivity index (χ0n) is 14.1. The molecule has 1 N–H and O–H groups in total. The second-order valence-electron chi connectivity index (χ2n) is 5.44. The van der Waals surface area contributed by atoms with Crippen LogP contribution in [0.1, 0.15) is 25.6 Å². The maximum atomic E-state index is 12.2. The fraction of sp³-hybridized carbons (Fsp3) is 0.100. The molecule has 0 fully saturated rings. The largest absolute Gasteiger partial charge is 0.497 e. The first-order valence-electron chi connectivity index (χ1n) is 7.90. The number of anilines is 1. The van der Waals surface area contributed by atoms with Gasteiger partial charge in [0.2, 0.25) is 0 Å². The zero-order chi connectivity index (χ0) is 18.4. The number of hydrogen-bond acceptors (Lipinski definition) is 5. The van der Waals surface area contributed by atoms with Crippen LogP contribution in [-0.2, 0) is 11.3 Å². The van der Waals surface area contributed by atoms with Crippen molar-refractivity contribution >= 4 is 28.9 Å². The van der Waals surface area contributed by atoms with Crippen molar-refractivity contribution in [3.8, 4) is 5.75 Å². The van der Waals surface area contributed by atoms with Gasteiger partial charge in [-0.1, -0.05) is 18.2 Å². The number of benzene rings is 2. The lowest BCUT2D eigenvalue weighted by molar-refractivity contribution is 0.0472. The summed E-state index contributed by atoms with van der Waals surface area (Å²) in [6.07, 6.45) is 0. The molecule has 2 aromatic carbocycles. The molecule has 132 valence electrons. The Morgan fingerprint density at radius 2 is 1.85 bits per heavy atom. The number of nitrogens with one attached hydrogen (secondary N) is 1. The quantitative estimate of drug-likeness (QED) is 0.657. The highest BCUT2D eigenvalue weighted by atomic mass is 32.1. The van der Waals surface area contributed by atoms with Crippen molar-refractivity contribution in [3.05, 3.63) is 82.0 Å². The minimum atomic E-state index is -0.427. The minimum Gasteiger partial charge on any atom is -0.497 e. The van der Waals surface area contributed by atoms with E-state index in [-0.39, 0.29) is 12.5 Å². The number of carbonyl (C=O) groups is 2. The maximum absolute atomic E-state index is 12.2. The van der Waals surface area contributed by atoms with Crippen LogP contribution < -0.4 is 10.1 Å². The third-order valence-corrected chi connectivity index (χ3v) is 4.50. The molecule has 6 heteroatoms. The van der Waals surface area contributed by atoms with E-state index in [1.54, 1.807) is 37.4 Å². The SMILES string of the molecule is COc1cccc(COC(=O)c2ccc(NC(=O)c3cccs3)cc2)c1. The molecule has 0 aliphatic carbocycles. The van der Waals surface area contributed by atoms with Crippen molar-refractivity contribution in [2.75, 3.05) is 12.4 Å². The molecule has 0 unspecified atom stereocenters. The average Bonchev–Trinajstić information content (AvgIpc) is 3.22. The van der Waals surface area contributed by atoms with Crippen molar-refractivity contribution < 1.29 is 19.1 Å². The van der Waals surface area contributed by atoms with Crippen LogP contribution in [0.4, 0.5) is 5.69 Å². The smallest absolute Gasteiger partial charge is 0.338 e. The molecule has 1 heterocycles. The Morgan fingerprint density at radius 3 is 2.54 bits per heavy atom. The summed E-state index contributed by atoms with van der Waals surface area (Å²) < 4.78 is 10.5. The van der Waals surface area contributed by atoms with Gasteiger partial charge >= 0.3 is 5.97 Å². The van der Waals surface area contributed by atoms with Gasteiger partial charge in [-0.15, -0.1) is 11.3 Å². The van der Waals surface area contributed by atoms with E-state index in [1.165, 1.54) is 11.3 Å². The fourth-order valence-electron chi connectivity index (χ4n) is 2.28. The molecule has 0 spiro atoms. The molecule has 1 amide bonds. The molecule has 0 atom stereocenters. The predicted molar refractivity (Wildman–Crippen MR) is 101 cm³/mol. The molecule has 3 aromatic rings. The number of carbonyl (C=O) groups excluding carboxylic acids is 2. The van der Waals surface area contributed by atoms with Crippen LogP contribution in [0.15, 0.2) is 66.0 Å². The molecule has 5 nitrogen and oxygen atoms in total. The molecule has 0 saturated carbocycles. The predicted octanol–water partition coefficient (Wildman–Crippen LogP) is 4.37. The molecule has 0 aliphatic rings. The van der Waals surface area contributed by atoms with Gasteiger partial charge in [-0.2, -0.15) is 0 Å². The lowest BCUT2D eigenvalue weighted by Gasteiger charge is -2.08. The Bertz CT molecular complexity index is 888. The molecule has 0 aliphatic heterocycles. The number of esters is 1. The molecular formula is C20H17NO4S. The number of thiophene rings is 1. The molecule has 0 bridgehead atoms. The third kappa shape index (κ3) is 4.49. The first kappa shape index (κ1) is 17.7. The van der Waals surface area contributed by atoms with E-state index in [9.17, 15) is 9.59 Å². The summed E-state index contributed by atoms with van der Waals surface area (Å²) in [5.41, 5.74) is 1.88. The summed E-state index contributed by atoms with van der Waals surface area (Å²) in [6.45, 7) is 0.160. The molecule has 1 aromatic heterocycles. The lowest BCUT2D eigenvalue weighted by Crippen LogP contribution is -2.10. The van der Waals surface area contributed by atoms with E-state index in [2.05, 4.69) is 5.32 Å². The Hall–Kier alpha value is -3.12. The summed E-state index contributed by atoms with van der Waals surface area (Å²) in [4.78, 5) is 24.8. The van der Waals surface area contributed by atoms with Crippen LogP contribution in [0, 0.1) is 0 Å². The van der Waals surface area contributed by atoms with Crippen molar-refractivity contribution in [3.63, 3.8) is 0 Å². The first-order valence-corrected chi connectivity index (χ1v) is 8.78. The van der Waals surface area contributed by atoms with Crippen LogP contribution >= 0.6 is 11.3 Å². The van der Waals surface area contributed by atoms with E-state index >= 15 is 0 Å². The number of rotatable bonds is 6. The highest BCUT2D eigenvalue weighted by Crippen LogP contribution is 2.16. The number of ether oxygens (including phenoxy) is 2. The second kappa shape index (κ2) is 8.31. The Morgan fingerprint density at radius 1 is 1.04 bits per heavy atom. The average molecular weight is 367 g/mol. The van der Waals surface area contributed by atoms with Gasteiger partial charge < -0.3 is 14.8 Å². The van der Waals surface area contributed by atoms with E-state index in [1.807, 2.05) is 35.7 Å². The summed E-state index contributed by atoms with van der Waals surface area (Å²) in [5.74, 6) is 0.113. The zero-order valence-corrected chi connectivity index (χ0v) is 14.9. The number of amides is 1. The van der Waals surface area contributed by atoms with Gasteiger partial charge in [-0.3, -0.25) is 4.79 Å². The van der Waals surface area contributed by atoms with Gasteiger partial charge in [0.05, 0.1) is 17.6 Å². The minimum absolute atomic E-state index is 0.160. The van der Waals surface area contributed by atoms with E-state index in [4.69, 9.17) is 9.47 Å². The van der Waals surface area contributed by atoms with E-state index < -0.39 is 5.97 Å². The number of methoxy groups -OCH3 is 1. The van der Waals surface area contributed by atoms with Gasteiger partial charge in [-0.05, 0) is 53.4 Å². The maximum Gasteiger partial charge on any atom is 0.338 e. The topological polar surface area (TPSA) is 64.6 Å². The van der Waals surface area contributed by atoms with Crippen LogP contribution in [0.25, 0.3) is 0 Å². The standard InChI is InChI=1S/C20H17NO4S/c1-24-17-5-2-4-14(12-17)13-25-20(23)15-7-9-16(10-8-15)21-19(22)18-6-3-11-26-18/h2-12H,13H2,1H3,(H,21,22). The monoisotopic (exact) mass is 367 g/mol. The van der Waals surface area contributed by atoms with Crippen LogP contribution in [0.5, 0.6) is 5.75 Å².